The fourth-order valence-electron chi connectivity index (χ4n) is 1.74. The Hall–Kier alpha value is -1.96. The van der Waals surface area contributed by atoms with Gasteiger partial charge in [-0.1, -0.05) is 42.0 Å². The zero-order valence-corrected chi connectivity index (χ0v) is 9.61. The van der Waals surface area contributed by atoms with Gasteiger partial charge < -0.3 is 0 Å². The lowest BCUT2D eigenvalue weighted by Crippen LogP contribution is -2.05. The summed E-state index contributed by atoms with van der Waals surface area (Å²) in [7, 11) is 0. The van der Waals surface area contributed by atoms with Crippen LogP contribution >= 0.6 is 0 Å². The quantitative estimate of drug-likeness (QED) is 0.734. The number of carbonyl (C=O) groups is 1. The fraction of sp³-hybridized carbons (Fsp3) is 0.133. The van der Waals surface area contributed by atoms with Crippen molar-refractivity contribution >= 4 is 5.78 Å². The van der Waals surface area contributed by atoms with Crippen LogP contribution in [0.15, 0.2) is 48.5 Å². The molecule has 0 heterocycles. The lowest BCUT2D eigenvalue weighted by molar-refractivity contribution is 0.0991. The molecular formula is C15H13FO. The molecule has 0 radical (unpaired) electrons. The van der Waals surface area contributed by atoms with Gasteiger partial charge in [0.05, 0.1) is 0 Å². The number of halogens is 1. The normalized spacial score (nSPS) is 10.2. The summed E-state index contributed by atoms with van der Waals surface area (Å²) in [5.74, 6) is -0.382. The van der Waals surface area contributed by atoms with E-state index in [2.05, 4.69) is 0 Å². The summed E-state index contributed by atoms with van der Waals surface area (Å²) >= 11 is 0. The molecule has 0 aliphatic carbocycles. The molecule has 0 saturated carbocycles. The number of hydrogen-bond acceptors (Lipinski definition) is 1. The smallest absolute Gasteiger partial charge is 0.167 e. The van der Waals surface area contributed by atoms with E-state index in [0.717, 1.165) is 5.56 Å². The van der Waals surface area contributed by atoms with E-state index in [4.69, 9.17) is 0 Å². The number of carbonyl (C=O) groups excluding carboxylic acids is 1. The first-order chi connectivity index (χ1) is 8.16. The van der Waals surface area contributed by atoms with Gasteiger partial charge in [0.15, 0.2) is 5.78 Å². The topological polar surface area (TPSA) is 17.1 Å². The minimum absolute atomic E-state index is 0.0567. The van der Waals surface area contributed by atoms with Crippen molar-refractivity contribution in [3.05, 3.63) is 71.0 Å². The highest BCUT2D eigenvalue weighted by atomic mass is 19.1. The molecular weight excluding hydrogens is 215 g/mol. The molecule has 0 fully saturated rings. The van der Waals surface area contributed by atoms with E-state index < -0.39 is 0 Å². The van der Waals surface area contributed by atoms with Crippen LogP contribution in [0, 0.1) is 12.7 Å². The Bertz CT molecular complexity index is 546. The summed E-state index contributed by atoms with van der Waals surface area (Å²) in [5, 5.41) is 0. The van der Waals surface area contributed by atoms with E-state index in [1.165, 1.54) is 6.07 Å². The minimum atomic E-state index is -0.325. The first kappa shape index (κ1) is 11.5. The van der Waals surface area contributed by atoms with Crippen molar-refractivity contribution in [1.82, 2.24) is 0 Å². The second-order valence-electron chi connectivity index (χ2n) is 4.06. The van der Waals surface area contributed by atoms with Crippen LogP contribution in [0.5, 0.6) is 0 Å². The number of ketones is 1. The molecule has 0 aliphatic rings. The molecule has 0 atom stereocenters. The molecule has 0 N–H and O–H groups in total. The van der Waals surface area contributed by atoms with E-state index in [-0.39, 0.29) is 18.0 Å². The summed E-state index contributed by atoms with van der Waals surface area (Å²) in [6.45, 7) is 1.93. The van der Waals surface area contributed by atoms with Crippen molar-refractivity contribution in [2.75, 3.05) is 0 Å². The average Bonchev–Trinajstić information content (AvgIpc) is 2.32. The van der Waals surface area contributed by atoms with Crippen molar-refractivity contribution < 1.29 is 9.18 Å². The van der Waals surface area contributed by atoms with Crippen molar-refractivity contribution in [2.24, 2.45) is 0 Å². The SMILES string of the molecule is Cc1cccc(C(=O)Cc2ccccc2F)c1. The van der Waals surface area contributed by atoms with Crippen LogP contribution in [0.2, 0.25) is 0 Å². The number of rotatable bonds is 3. The predicted molar refractivity (Wildman–Crippen MR) is 65.6 cm³/mol. The van der Waals surface area contributed by atoms with Gasteiger partial charge in [-0.3, -0.25) is 4.79 Å². The van der Waals surface area contributed by atoms with Crippen LogP contribution < -0.4 is 0 Å². The summed E-state index contributed by atoms with van der Waals surface area (Å²) in [6.07, 6.45) is 0.107. The number of aryl methyl sites for hydroxylation is 1. The van der Waals surface area contributed by atoms with Crippen LogP contribution in [-0.2, 0) is 6.42 Å². The Kier molecular flexibility index (Phi) is 3.33. The highest BCUT2D eigenvalue weighted by molar-refractivity contribution is 5.97. The molecule has 2 heteroatoms. The van der Waals surface area contributed by atoms with Crippen LogP contribution in [0.25, 0.3) is 0 Å². The Morgan fingerprint density at radius 2 is 1.88 bits per heavy atom. The van der Waals surface area contributed by atoms with E-state index in [1.807, 2.05) is 25.1 Å². The van der Waals surface area contributed by atoms with Gasteiger partial charge >= 0.3 is 0 Å². The molecule has 0 unspecified atom stereocenters. The average molecular weight is 228 g/mol. The second-order valence-corrected chi connectivity index (χ2v) is 4.06. The molecule has 0 saturated heterocycles. The predicted octanol–water partition coefficient (Wildman–Crippen LogP) is 3.56. The molecule has 2 aromatic rings. The van der Waals surface area contributed by atoms with Crippen LogP contribution in [0.3, 0.4) is 0 Å². The molecule has 0 amide bonds. The summed E-state index contributed by atoms with van der Waals surface area (Å²) in [5.41, 5.74) is 2.11. The molecule has 17 heavy (non-hydrogen) atoms. The van der Waals surface area contributed by atoms with Gasteiger partial charge in [0, 0.05) is 12.0 Å². The molecule has 86 valence electrons. The Morgan fingerprint density at radius 3 is 2.59 bits per heavy atom. The van der Waals surface area contributed by atoms with E-state index >= 15 is 0 Å². The minimum Gasteiger partial charge on any atom is -0.294 e. The zero-order chi connectivity index (χ0) is 12.3. The number of hydrogen-bond donors (Lipinski definition) is 0. The zero-order valence-electron chi connectivity index (χ0n) is 9.61. The lowest BCUT2D eigenvalue weighted by Gasteiger charge is -2.03. The van der Waals surface area contributed by atoms with Crippen molar-refractivity contribution in [3.63, 3.8) is 0 Å². The molecule has 2 rings (SSSR count). The third-order valence-electron chi connectivity index (χ3n) is 2.65. The molecule has 2 aromatic carbocycles. The van der Waals surface area contributed by atoms with Crippen LogP contribution in [0.4, 0.5) is 4.39 Å². The van der Waals surface area contributed by atoms with Crippen LogP contribution in [-0.4, -0.2) is 5.78 Å². The highest BCUT2D eigenvalue weighted by Gasteiger charge is 2.09. The third-order valence-corrected chi connectivity index (χ3v) is 2.65. The molecule has 0 bridgehead atoms. The van der Waals surface area contributed by atoms with Gasteiger partial charge in [-0.25, -0.2) is 4.39 Å². The molecule has 0 aliphatic heterocycles. The summed E-state index contributed by atoms with van der Waals surface area (Å²) in [4.78, 5) is 12.0. The molecule has 0 aromatic heterocycles. The van der Waals surface area contributed by atoms with Gasteiger partial charge in [-0.05, 0) is 24.6 Å². The largest absolute Gasteiger partial charge is 0.294 e. The van der Waals surface area contributed by atoms with Crippen molar-refractivity contribution in [2.45, 2.75) is 13.3 Å². The first-order valence-corrected chi connectivity index (χ1v) is 5.50. The van der Waals surface area contributed by atoms with Gasteiger partial charge in [0.2, 0.25) is 0 Å². The first-order valence-electron chi connectivity index (χ1n) is 5.50. The second kappa shape index (κ2) is 4.91. The Balaban J connectivity index is 2.20. The van der Waals surface area contributed by atoms with Gasteiger partial charge in [0.1, 0.15) is 5.82 Å². The van der Waals surface area contributed by atoms with E-state index in [0.29, 0.717) is 11.1 Å². The Labute approximate surface area is 99.9 Å². The number of benzene rings is 2. The van der Waals surface area contributed by atoms with Gasteiger partial charge in [0.25, 0.3) is 0 Å². The third kappa shape index (κ3) is 2.78. The fourth-order valence-corrected chi connectivity index (χ4v) is 1.74. The molecule has 1 nitrogen and oxygen atoms in total. The van der Waals surface area contributed by atoms with Gasteiger partial charge in [-0.2, -0.15) is 0 Å². The maximum absolute atomic E-state index is 13.4. The van der Waals surface area contributed by atoms with Crippen LogP contribution in [0.1, 0.15) is 21.5 Å². The Morgan fingerprint density at radius 1 is 1.12 bits per heavy atom. The van der Waals surface area contributed by atoms with E-state index in [9.17, 15) is 9.18 Å². The lowest BCUT2D eigenvalue weighted by atomic mass is 10.0. The number of Topliss-reactive ketones (excluding diaryl/α,β-unsaturated/α-hetero) is 1. The van der Waals surface area contributed by atoms with Crippen molar-refractivity contribution in [3.8, 4) is 0 Å². The van der Waals surface area contributed by atoms with E-state index in [1.54, 1.807) is 24.3 Å². The van der Waals surface area contributed by atoms with Crippen molar-refractivity contribution in [1.29, 1.82) is 0 Å². The maximum Gasteiger partial charge on any atom is 0.167 e. The molecule has 0 spiro atoms. The maximum atomic E-state index is 13.4. The summed E-state index contributed by atoms with van der Waals surface area (Å²) in [6, 6.07) is 13.7. The highest BCUT2D eigenvalue weighted by Crippen LogP contribution is 2.12. The van der Waals surface area contributed by atoms with Gasteiger partial charge in [-0.15, -0.1) is 0 Å². The standard InChI is InChI=1S/C15H13FO/c1-11-5-4-7-13(9-11)15(17)10-12-6-2-3-8-14(12)16/h2-9H,10H2,1H3. The monoisotopic (exact) mass is 228 g/mol. The summed E-state index contributed by atoms with van der Waals surface area (Å²) < 4.78 is 13.4.